The lowest BCUT2D eigenvalue weighted by Crippen LogP contribution is -2.37. The molecule has 0 fully saturated rings. The van der Waals surface area contributed by atoms with E-state index in [2.05, 4.69) is 39.3 Å². The molecule has 0 radical (unpaired) electrons. The summed E-state index contributed by atoms with van der Waals surface area (Å²) < 4.78 is 0.374. The summed E-state index contributed by atoms with van der Waals surface area (Å²) in [5.41, 5.74) is 0. The van der Waals surface area contributed by atoms with E-state index in [0.29, 0.717) is 10.8 Å². The first-order chi connectivity index (χ1) is 6.52. The van der Waals surface area contributed by atoms with Crippen LogP contribution in [0, 0.1) is 0 Å². The van der Waals surface area contributed by atoms with Crippen molar-refractivity contribution in [3.05, 3.63) is 0 Å². The monoisotopic (exact) mass is 217 g/mol. The van der Waals surface area contributed by atoms with Gasteiger partial charge in [-0.2, -0.15) is 11.8 Å². The lowest BCUT2D eigenvalue weighted by molar-refractivity contribution is 0.464. The molecule has 1 nitrogen and oxygen atoms in total. The molecule has 86 valence electrons. The van der Waals surface area contributed by atoms with E-state index in [0.717, 1.165) is 6.54 Å². The van der Waals surface area contributed by atoms with Crippen LogP contribution in [-0.4, -0.2) is 23.6 Å². The molecule has 0 heterocycles. The standard InChI is InChI=1S/C12H27NS/c1-6-7-8-9-11(2)13-10-12(3,4)14-5/h11,13H,6-10H2,1-5H3. The summed E-state index contributed by atoms with van der Waals surface area (Å²) in [6.07, 6.45) is 7.56. The Bertz CT molecular complexity index is 134. The van der Waals surface area contributed by atoms with Crippen LogP contribution in [0.3, 0.4) is 0 Å². The molecule has 0 spiro atoms. The van der Waals surface area contributed by atoms with E-state index >= 15 is 0 Å². The van der Waals surface area contributed by atoms with Crippen LogP contribution in [0.4, 0.5) is 0 Å². The van der Waals surface area contributed by atoms with E-state index in [4.69, 9.17) is 0 Å². The topological polar surface area (TPSA) is 12.0 Å². The molecular formula is C12H27NS. The number of hydrogen-bond acceptors (Lipinski definition) is 2. The molecule has 0 rings (SSSR count). The van der Waals surface area contributed by atoms with Gasteiger partial charge in [0.15, 0.2) is 0 Å². The molecular weight excluding hydrogens is 190 g/mol. The summed E-state index contributed by atoms with van der Waals surface area (Å²) in [4.78, 5) is 0. The number of rotatable bonds is 8. The molecule has 0 aliphatic rings. The SMILES string of the molecule is CCCCCC(C)NCC(C)(C)SC. The Labute approximate surface area is 94.4 Å². The molecule has 1 N–H and O–H groups in total. The molecule has 0 aliphatic carbocycles. The van der Waals surface area contributed by atoms with Crippen molar-refractivity contribution in [2.75, 3.05) is 12.8 Å². The Morgan fingerprint density at radius 3 is 2.43 bits per heavy atom. The second-order valence-electron chi connectivity index (χ2n) is 4.74. The van der Waals surface area contributed by atoms with Gasteiger partial charge in [0.25, 0.3) is 0 Å². The van der Waals surface area contributed by atoms with Crippen LogP contribution in [0.15, 0.2) is 0 Å². The largest absolute Gasteiger partial charge is 0.313 e. The summed E-state index contributed by atoms with van der Waals surface area (Å²) in [5, 5.41) is 3.61. The van der Waals surface area contributed by atoms with Crippen molar-refractivity contribution in [3.8, 4) is 0 Å². The smallest absolute Gasteiger partial charge is 0.0225 e. The van der Waals surface area contributed by atoms with E-state index < -0.39 is 0 Å². The van der Waals surface area contributed by atoms with Gasteiger partial charge in [0.2, 0.25) is 0 Å². The molecule has 0 aromatic heterocycles. The molecule has 0 saturated heterocycles. The first-order valence-corrected chi connectivity index (χ1v) is 7.03. The van der Waals surface area contributed by atoms with Crippen molar-refractivity contribution in [2.24, 2.45) is 0 Å². The molecule has 1 atom stereocenters. The van der Waals surface area contributed by atoms with Crippen molar-refractivity contribution in [2.45, 2.75) is 64.2 Å². The first-order valence-electron chi connectivity index (χ1n) is 5.80. The van der Waals surface area contributed by atoms with Crippen LogP contribution < -0.4 is 5.32 Å². The van der Waals surface area contributed by atoms with Crippen LogP contribution in [0.2, 0.25) is 0 Å². The van der Waals surface area contributed by atoms with Crippen LogP contribution in [0.1, 0.15) is 53.4 Å². The molecule has 0 amide bonds. The molecule has 1 unspecified atom stereocenters. The van der Waals surface area contributed by atoms with Crippen LogP contribution in [0.5, 0.6) is 0 Å². The maximum absolute atomic E-state index is 3.61. The van der Waals surface area contributed by atoms with Gasteiger partial charge in [0, 0.05) is 17.3 Å². The third kappa shape index (κ3) is 7.69. The Morgan fingerprint density at radius 2 is 1.93 bits per heavy atom. The minimum atomic E-state index is 0.374. The normalized spacial score (nSPS) is 14.4. The van der Waals surface area contributed by atoms with Crippen molar-refractivity contribution in [3.63, 3.8) is 0 Å². The van der Waals surface area contributed by atoms with Gasteiger partial charge in [-0.1, -0.05) is 26.2 Å². The van der Waals surface area contributed by atoms with Crippen LogP contribution >= 0.6 is 11.8 Å². The third-order valence-corrected chi connectivity index (χ3v) is 3.92. The van der Waals surface area contributed by atoms with E-state index in [9.17, 15) is 0 Å². The van der Waals surface area contributed by atoms with Gasteiger partial charge in [0.05, 0.1) is 0 Å². The fourth-order valence-electron chi connectivity index (χ4n) is 1.29. The molecule has 0 aliphatic heterocycles. The van der Waals surface area contributed by atoms with E-state index in [1.807, 2.05) is 11.8 Å². The average Bonchev–Trinajstić information content (AvgIpc) is 2.16. The molecule has 0 saturated carbocycles. The van der Waals surface area contributed by atoms with Crippen molar-refractivity contribution in [1.82, 2.24) is 5.32 Å². The zero-order chi connectivity index (χ0) is 11.0. The minimum Gasteiger partial charge on any atom is -0.313 e. The summed E-state index contributed by atoms with van der Waals surface area (Å²) in [7, 11) is 0. The summed E-state index contributed by atoms with van der Waals surface area (Å²) >= 11 is 1.93. The van der Waals surface area contributed by atoms with Gasteiger partial charge in [-0.25, -0.2) is 0 Å². The van der Waals surface area contributed by atoms with E-state index in [1.54, 1.807) is 0 Å². The van der Waals surface area contributed by atoms with Gasteiger partial charge < -0.3 is 5.32 Å². The third-order valence-electron chi connectivity index (χ3n) is 2.67. The van der Waals surface area contributed by atoms with Crippen molar-refractivity contribution >= 4 is 11.8 Å². The second-order valence-corrected chi connectivity index (χ2v) is 6.25. The second kappa shape index (κ2) is 7.58. The highest BCUT2D eigenvalue weighted by atomic mass is 32.2. The van der Waals surface area contributed by atoms with E-state index in [-0.39, 0.29) is 0 Å². The van der Waals surface area contributed by atoms with E-state index in [1.165, 1.54) is 25.7 Å². The Hall–Kier alpha value is 0.310. The summed E-state index contributed by atoms with van der Waals surface area (Å²) in [6.45, 7) is 10.3. The zero-order valence-electron chi connectivity index (χ0n) is 10.5. The Kier molecular flexibility index (Phi) is 7.75. The first kappa shape index (κ1) is 14.3. The summed E-state index contributed by atoms with van der Waals surface area (Å²) in [5.74, 6) is 0. The predicted molar refractivity (Wildman–Crippen MR) is 69.2 cm³/mol. The van der Waals surface area contributed by atoms with Gasteiger partial charge in [0.1, 0.15) is 0 Å². The Balaban J connectivity index is 3.48. The highest BCUT2D eigenvalue weighted by Crippen LogP contribution is 2.19. The van der Waals surface area contributed by atoms with Gasteiger partial charge in [-0.05, 0) is 33.4 Å². The van der Waals surface area contributed by atoms with Crippen LogP contribution in [-0.2, 0) is 0 Å². The molecule has 14 heavy (non-hydrogen) atoms. The summed E-state index contributed by atoms with van der Waals surface area (Å²) in [6, 6.07) is 0.674. The number of hydrogen-bond donors (Lipinski definition) is 1. The quantitative estimate of drug-likeness (QED) is 0.622. The average molecular weight is 217 g/mol. The molecule has 0 aromatic rings. The predicted octanol–water partition coefficient (Wildman–Crippen LogP) is 3.69. The molecule has 0 aromatic carbocycles. The maximum Gasteiger partial charge on any atom is 0.0225 e. The van der Waals surface area contributed by atoms with Gasteiger partial charge in [-0.3, -0.25) is 0 Å². The van der Waals surface area contributed by atoms with Crippen LogP contribution in [0.25, 0.3) is 0 Å². The fraction of sp³-hybridized carbons (Fsp3) is 1.00. The number of nitrogens with one attached hydrogen (secondary N) is 1. The van der Waals surface area contributed by atoms with Gasteiger partial charge in [-0.15, -0.1) is 0 Å². The molecule has 2 heteroatoms. The minimum absolute atomic E-state index is 0.374. The van der Waals surface area contributed by atoms with Crippen molar-refractivity contribution < 1.29 is 0 Å². The highest BCUT2D eigenvalue weighted by molar-refractivity contribution is 7.99. The van der Waals surface area contributed by atoms with Gasteiger partial charge >= 0.3 is 0 Å². The highest BCUT2D eigenvalue weighted by Gasteiger charge is 2.16. The lowest BCUT2D eigenvalue weighted by Gasteiger charge is -2.25. The lowest BCUT2D eigenvalue weighted by atomic mass is 10.1. The van der Waals surface area contributed by atoms with Crippen molar-refractivity contribution in [1.29, 1.82) is 0 Å². The Morgan fingerprint density at radius 1 is 1.29 bits per heavy atom. The maximum atomic E-state index is 3.61. The number of unbranched alkanes of at least 4 members (excludes halogenated alkanes) is 2. The number of thioether (sulfide) groups is 1. The molecule has 0 bridgehead atoms. The zero-order valence-corrected chi connectivity index (χ0v) is 11.3. The fourth-order valence-corrected chi connectivity index (χ4v) is 1.52.